The van der Waals surface area contributed by atoms with Crippen molar-refractivity contribution in [1.29, 1.82) is 0 Å². The normalized spacial score (nSPS) is 26.8. The number of nitrogens with zero attached hydrogens (tertiary/aromatic N) is 2. The van der Waals surface area contributed by atoms with Crippen LogP contribution in [0.2, 0.25) is 0 Å². The number of carbonyl (C=O) groups is 1. The predicted octanol–water partition coefficient (Wildman–Crippen LogP) is 1.82. The molecule has 0 saturated carbocycles. The largest absolute Gasteiger partial charge is 0.380 e. The second kappa shape index (κ2) is 3.36. The molecule has 2 aliphatic heterocycles. The lowest BCUT2D eigenvalue weighted by molar-refractivity contribution is 0.0668. The second-order valence-electron chi connectivity index (χ2n) is 4.88. The van der Waals surface area contributed by atoms with Crippen molar-refractivity contribution in [3.63, 3.8) is 0 Å². The molecule has 0 N–H and O–H groups in total. The minimum absolute atomic E-state index is 0.134. The van der Waals surface area contributed by atoms with Crippen LogP contribution in [-0.2, 0) is 5.54 Å². The molecular formula is C14H16N2O. The van der Waals surface area contributed by atoms with Gasteiger partial charge in [-0.05, 0) is 30.3 Å². The zero-order valence-electron chi connectivity index (χ0n) is 10.2. The third kappa shape index (κ3) is 1.25. The summed E-state index contributed by atoms with van der Waals surface area (Å²) in [6.07, 6.45) is 5.19. The van der Waals surface area contributed by atoms with E-state index in [0.717, 1.165) is 24.1 Å². The van der Waals surface area contributed by atoms with Gasteiger partial charge in [0.15, 0.2) is 0 Å². The minimum atomic E-state index is -0.222. The summed E-state index contributed by atoms with van der Waals surface area (Å²) in [7, 11) is 3.96. The van der Waals surface area contributed by atoms with Gasteiger partial charge in [-0.15, -0.1) is 0 Å². The van der Waals surface area contributed by atoms with Gasteiger partial charge in [0.25, 0.3) is 5.91 Å². The molecule has 1 aromatic carbocycles. The summed E-state index contributed by atoms with van der Waals surface area (Å²) in [6, 6.07) is 7.95. The van der Waals surface area contributed by atoms with E-state index in [1.54, 1.807) is 0 Å². The fourth-order valence-corrected chi connectivity index (χ4v) is 2.85. The van der Waals surface area contributed by atoms with Crippen LogP contribution < -0.4 is 0 Å². The van der Waals surface area contributed by atoms with Gasteiger partial charge >= 0.3 is 0 Å². The number of hydrogen-bond donors (Lipinski definition) is 0. The summed E-state index contributed by atoms with van der Waals surface area (Å²) in [5.41, 5.74) is 1.78. The molecular weight excluding hydrogens is 212 g/mol. The summed E-state index contributed by atoms with van der Waals surface area (Å²) >= 11 is 0. The second-order valence-corrected chi connectivity index (χ2v) is 4.88. The van der Waals surface area contributed by atoms with E-state index in [-0.39, 0.29) is 11.4 Å². The van der Waals surface area contributed by atoms with Crippen LogP contribution in [0, 0.1) is 0 Å². The molecule has 0 aromatic heterocycles. The summed E-state index contributed by atoms with van der Waals surface area (Å²) in [5.74, 6) is 0.134. The molecule has 17 heavy (non-hydrogen) atoms. The molecule has 3 nitrogen and oxygen atoms in total. The zero-order valence-corrected chi connectivity index (χ0v) is 10.2. The number of fused-ring (bicyclic) bond motifs is 2. The third-order valence-electron chi connectivity index (χ3n) is 3.98. The van der Waals surface area contributed by atoms with Crippen molar-refractivity contribution in [1.82, 2.24) is 9.80 Å². The van der Waals surface area contributed by atoms with Gasteiger partial charge in [0.1, 0.15) is 0 Å². The SMILES string of the molecule is CN1C=CC2(CC1)c1ccccc1C(=O)N2C. The maximum atomic E-state index is 12.2. The minimum Gasteiger partial charge on any atom is -0.380 e. The summed E-state index contributed by atoms with van der Waals surface area (Å²) in [5, 5.41) is 0. The number of rotatable bonds is 0. The van der Waals surface area contributed by atoms with Crippen LogP contribution in [0.25, 0.3) is 0 Å². The highest BCUT2D eigenvalue weighted by molar-refractivity contribution is 6.00. The predicted molar refractivity (Wildman–Crippen MR) is 66.6 cm³/mol. The highest BCUT2D eigenvalue weighted by Gasteiger charge is 2.46. The Morgan fingerprint density at radius 3 is 2.71 bits per heavy atom. The Hall–Kier alpha value is -1.77. The van der Waals surface area contributed by atoms with E-state index in [2.05, 4.69) is 30.3 Å². The van der Waals surface area contributed by atoms with Crippen LogP contribution >= 0.6 is 0 Å². The van der Waals surface area contributed by atoms with Gasteiger partial charge in [-0.2, -0.15) is 0 Å². The molecule has 0 bridgehead atoms. The Labute approximate surface area is 101 Å². The molecule has 2 heterocycles. The van der Waals surface area contributed by atoms with Gasteiger partial charge in [-0.3, -0.25) is 4.79 Å². The smallest absolute Gasteiger partial charge is 0.254 e. The first-order chi connectivity index (χ1) is 8.15. The third-order valence-corrected chi connectivity index (χ3v) is 3.98. The van der Waals surface area contributed by atoms with E-state index in [1.807, 2.05) is 30.1 Å². The zero-order chi connectivity index (χ0) is 12.0. The first-order valence-electron chi connectivity index (χ1n) is 5.92. The summed E-state index contributed by atoms with van der Waals surface area (Å²) < 4.78 is 0. The van der Waals surface area contributed by atoms with Crippen molar-refractivity contribution < 1.29 is 4.79 Å². The molecule has 0 saturated heterocycles. The molecule has 1 spiro atoms. The fraction of sp³-hybridized carbons (Fsp3) is 0.357. The molecule has 0 aliphatic carbocycles. The molecule has 1 unspecified atom stereocenters. The lowest BCUT2D eigenvalue weighted by atomic mass is 9.85. The van der Waals surface area contributed by atoms with E-state index in [0.29, 0.717) is 0 Å². The van der Waals surface area contributed by atoms with Crippen molar-refractivity contribution in [2.24, 2.45) is 0 Å². The van der Waals surface area contributed by atoms with Gasteiger partial charge in [0.05, 0.1) is 5.54 Å². The number of benzene rings is 1. The molecule has 2 aliphatic rings. The number of carbonyl (C=O) groups excluding carboxylic acids is 1. The van der Waals surface area contributed by atoms with Crippen molar-refractivity contribution in [2.75, 3.05) is 20.6 Å². The van der Waals surface area contributed by atoms with E-state index in [9.17, 15) is 4.79 Å². The monoisotopic (exact) mass is 228 g/mol. The van der Waals surface area contributed by atoms with Gasteiger partial charge in [0.2, 0.25) is 0 Å². The van der Waals surface area contributed by atoms with Gasteiger partial charge in [0, 0.05) is 26.2 Å². The Bertz CT molecular complexity index is 509. The Morgan fingerprint density at radius 1 is 1.24 bits per heavy atom. The van der Waals surface area contributed by atoms with Gasteiger partial charge in [-0.1, -0.05) is 18.2 Å². The Kier molecular flexibility index (Phi) is 2.05. The first-order valence-corrected chi connectivity index (χ1v) is 5.92. The van der Waals surface area contributed by atoms with Crippen LogP contribution in [0.3, 0.4) is 0 Å². The molecule has 0 fully saturated rings. The Morgan fingerprint density at radius 2 is 2.00 bits per heavy atom. The average molecular weight is 228 g/mol. The number of likely N-dealkylation sites (N-methyl/N-ethyl adjacent to an activating group) is 1. The van der Waals surface area contributed by atoms with E-state index in [1.165, 1.54) is 0 Å². The van der Waals surface area contributed by atoms with Gasteiger partial charge in [-0.25, -0.2) is 0 Å². The number of hydrogen-bond acceptors (Lipinski definition) is 2. The molecule has 1 amide bonds. The van der Waals surface area contributed by atoms with Crippen LogP contribution in [0.4, 0.5) is 0 Å². The molecule has 3 heteroatoms. The summed E-state index contributed by atoms with van der Waals surface area (Å²) in [4.78, 5) is 16.3. The fourth-order valence-electron chi connectivity index (χ4n) is 2.85. The number of amides is 1. The average Bonchev–Trinajstić information content (AvgIpc) is 2.57. The van der Waals surface area contributed by atoms with Crippen molar-refractivity contribution in [3.8, 4) is 0 Å². The quantitative estimate of drug-likeness (QED) is 0.676. The van der Waals surface area contributed by atoms with E-state index < -0.39 is 0 Å². The molecule has 88 valence electrons. The molecule has 1 atom stereocenters. The lowest BCUT2D eigenvalue weighted by Crippen LogP contribution is -2.43. The van der Waals surface area contributed by atoms with Crippen molar-refractivity contribution in [3.05, 3.63) is 47.7 Å². The highest BCUT2D eigenvalue weighted by atomic mass is 16.2. The summed E-state index contributed by atoms with van der Waals surface area (Å²) in [6.45, 7) is 0.975. The molecule has 3 rings (SSSR count). The van der Waals surface area contributed by atoms with Gasteiger partial charge < -0.3 is 9.80 Å². The van der Waals surface area contributed by atoms with Crippen LogP contribution in [-0.4, -0.2) is 36.3 Å². The Balaban J connectivity index is 2.18. The van der Waals surface area contributed by atoms with Crippen LogP contribution in [0.5, 0.6) is 0 Å². The van der Waals surface area contributed by atoms with Crippen molar-refractivity contribution >= 4 is 5.91 Å². The standard InChI is InChI=1S/C14H16N2O/c1-15-9-7-14(8-10-15)12-6-4-3-5-11(12)13(17)16(14)2/h3-7,9H,8,10H2,1-2H3. The van der Waals surface area contributed by atoms with Crippen LogP contribution in [0.1, 0.15) is 22.3 Å². The van der Waals surface area contributed by atoms with E-state index in [4.69, 9.17) is 0 Å². The van der Waals surface area contributed by atoms with Crippen molar-refractivity contribution in [2.45, 2.75) is 12.0 Å². The molecule has 0 radical (unpaired) electrons. The van der Waals surface area contributed by atoms with E-state index >= 15 is 0 Å². The maximum Gasteiger partial charge on any atom is 0.254 e. The molecule has 1 aromatic rings. The topological polar surface area (TPSA) is 23.6 Å². The lowest BCUT2D eigenvalue weighted by Gasteiger charge is -2.39. The maximum absolute atomic E-state index is 12.2. The first kappa shape index (κ1) is 10.4. The van der Waals surface area contributed by atoms with Crippen LogP contribution in [0.15, 0.2) is 36.5 Å². The highest BCUT2D eigenvalue weighted by Crippen LogP contribution is 2.43.